The van der Waals surface area contributed by atoms with Crippen molar-refractivity contribution in [2.75, 3.05) is 11.9 Å². The number of amides is 1. The van der Waals surface area contributed by atoms with E-state index in [0.29, 0.717) is 22.7 Å². The van der Waals surface area contributed by atoms with Gasteiger partial charge in [0.05, 0.1) is 12.2 Å². The van der Waals surface area contributed by atoms with E-state index >= 15 is 0 Å². The molecule has 0 aliphatic heterocycles. The van der Waals surface area contributed by atoms with E-state index in [0.717, 1.165) is 37.7 Å². The number of thiophene rings is 1. The highest BCUT2D eigenvalue weighted by atomic mass is 32.1. The molecule has 4 nitrogen and oxygen atoms in total. The number of anilines is 1. The van der Waals surface area contributed by atoms with Crippen LogP contribution in [0.1, 0.15) is 63.8 Å². The summed E-state index contributed by atoms with van der Waals surface area (Å²) in [7, 11) is 0. The predicted octanol–water partition coefficient (Wildman–Crippen LogP) is 4.84. The van der Waals surface area contributed by atoms with Crippen molar-refractivity contribution < 1.29 is 14.3 Å². The van der Waals surface area contributed by atoms with Gasteiger partial charge < -0.3 is 10.1 Å². The highest BCUT2D eigenvalue weighted by Gasteiger charge is 2.26. The van der Waals surface area contributed by atoms with E-state index in [4.69, 9.17) is 4.74 Å². The molecule has 1 aromatic carbocycles. The summed E-state index contributed by atoms with van der Waals surface area (Å²) in [4.78, 5) is 26.4. The zero-order valence-electron chi connectivity index (χ0n) is 14.5. The fourth-order valence-electron chi connectivity index (χ4n) is 3.08. The second-order valence-corrected chi connectivity index (χ2v) is 7.33. The molecule has 0 spiro atoms. The number of aryl methyl sites for hydroxylation is 1. The molecule has 1 N–H and O–H groups in total. The van der Waals surface area contributed by atoms with Gasteiger partial charge in [-0.15, -0.1) is 11.3 Å². The van der Waals surface area contributed by atoms with Crippen LogP contribution in [0.5, 0.6) is 0 Å². The monoisotopic (exact) mass is 357 g/mol. The molecule has 0 radical (unpaired) electrons. The van der Waals surface area contributed by atoms with Crippen molar-refractivity contribution in [2.24, 2.45) is 0 Å². The summed E-state index contributed by atoms with van der Waals surface area (Å²) >= 11 is 1.53. The molecule has 2 aromatic rings. The standard InChI is InChI=1S/C20H23NO3S/c1-2-13-24-20(23)17-15-11-7-4-8-12-16(15)25-19(17)21-18(22)14-9-5-3-6-10-14/h3,5-6,9-10H,2,4,7-8,11-13H2,1H3,(H,21,22). The molecule has 132 valence electrons. The predicted molar refractivity (Wildman–Crippen MR) is 101 cm³/mol. The summed E-state index contributed by atoms with van der Waals surface area (Å²) < 4.78 is 5.39. The van der Waals surface area contributed by atoms with Crippen molar-refractivity contribution in [1.82, 2.24) is 0 Å². The molecular weight excluding hydrogens is 334 g/mol. The molecule has 1 heterocycles. The molecule has 1 aliphatic carbocycles. The first-order chi connectivity index (χ1) is 12.2. The lowest BCUT2D eigenvalue weighted by molar-refractivity contribution is 0.0505. The van der Waals surface area contributed by atoms with Gasteiger partial charge >= 0.3 is 5.97 Å². The van der Waals surface area contributed by atoms with E-state index in [2.05, 4.69) is 5.32 Å². The third kappa shape index (κ3) is 4.10. The Kier molecular flexibility index (Phi) is 5.87. The zero-order valence-corrected chi connectivity index (χ0v) is 15.3. The number of hydrogen-bond donors (Lipinski definition) is 1. The first kappa shape index (κ1) is 17.7. The van der Waals surface area contributed by atoms with Crippen molar-refractivity contribution >= 4 is 28.2 Å². The van der Waals surface area contributed by atoms with E-state index in [1.54, 1.807) is 12.1 Å². The summed E-state index contributed by atoms with van der Waals surface area (Å²) in [5.41, 5.74) is 2.23. The summed E-state index contributed by atoms with van der Waals surface area (Å²) in [5, 5.41) is 3.57. The lowest BCUT2D eigenvalue weighted by atomic mass is 10.1. The van der Waals surface area contributed by atoms with Crippen molar-refractivity contribution in [3.63, 3.8) is 0 Å². The van der Waals surface area contributed by atoms with E-state index in [9.17, 15) is 9.59 Å². The van der Waals surface area contributed by atoms with Gasteiger partial charge in [-0.2, -0.15) is 0 Å². The minimum Gasteiger partial charge on any atom is -0.462 e. The molecule has 0 unspecified atom stereocenters. The van der Waals surface area contributed by atoms with E-state index in [1.807, 2.05) is 25.1 Å². The lowest BCUT2D eigenvalue weighted by Gasteiger charge is -2.09. The summed E-state index contributed by atoms with van der Waals surface area (Å²) in [6.45, 7) is 2.37. The lowest BCUT2D eigenvalue weighted by Crippen LogP contribution is -2.15. The van der Waals surface area contributed by atoms with Gasteiger partial charge in [-0.05, 0) is 49.8 Å². The molecule has 1 amide bonds. The van der Waals surface area contributed by atoms with Crippen molar-refractivity contribution in [1.29, 1.82) is 0 Å². The Balaban J connectivity index is 1.92. The third-order valence-electron chi connectivity index (χ3n) is 4.33. The molecule has 5 heteroatoms. The molecule has 1 aromatic heterocycles. The van der Waals surface area contributed by atoms with Crippen molar-refractivity contribution in [3.8, 4) is 0 Å². The Labute approximate surface area is 152 Å². The van der Waals surface area contributed by atoms with Crippen LogP contribution in [0.3, 0.4) is 0 Å². The maximum absolute atomic E-state index is 12.6. The van der Waals surface area contributed by atoms with E-state index in [-0.39, 0.29) is 11.9 Å². The van der Waals surface area contributed by atoms with Gasteiger partial charge in [-0.1, -0.05) is 31.5 Å². The molecular formula is C20H23NO3S. The maximum atomic E-state index is 12.6. The smallest absolute Gasteiger partial charge is 0.341 e. The van der Waals surface area contributed by atoms with Crippen molar-refractivity contribution in [2.45, 2.75) is 45.4 Å². The summed E-state index contributed by atoms with van der Waals surface area (Å²) in [6.07, 6.45) is 6.01. The van der Waals surface area contributed by atoms with Gasteiger partial charge in [0.2, 0.25) is 0 Å². The van der Waals surface area contributed by atoms with Gasteiger partial charge in [-0.3, -0.25) is 4.79 Å². The number of nitrogens with one attached hydrogen (secondary N) is 1. The van der Waals surface area contributed by atoms with Gasteiger partial charge in [0.25, 0.3) is 5.91 Å². The quantitative estimate of drug-likeness (QED) is 0.615. The molecule has 0 bridgehead atoms. The SMILES string of the molecule is CCCOC(=O)c1c(NC(=O)c2ccccc2)sc2c1CCCCC2. The van der Waals surface area contributed by atoms with Crippen LogP contribution in [0.15, 0.2) is 30.3 Å². The van der Waals surface area contributed by atoms with E-state index < -0.39 is 0 Å². The fraction of sp³-hybridized carbons (Fsp3) is 0.400. The second kappa shape index (κ2) is 8.30. The fourth-order valence-corrected chi connectivity index (χ4v) is 4.35. The van der Waals surface area contributed by atoms with Crippen LogP contribution in [0.4, 0.5) is 5.00 Å². The average molecular weight is 357 g/mol. The van der Waals surface area contributed by atoms with Crippen LogP contribution >= 0.6 is 11.3 Å². The third-order valence-corrected chi connectivity index (χ3v) is 5.53. The van der Waals surface area contributed by atoms with Gasteiger partial charge in [0.1, 0.15) is 5.00 Å². The van der Waals surface area contributed by atoms with Crippen LogP contribution in [-0.2, 0) is 17.6 Å². The number of esters is 1. The van der Waals surface area contributed by atoms with Crippen molar-refractivity contribution in [3.05, 3.63) is 51.9 Å². The Morgan fingerprint density at radius 2 is 1.88 bits per heavy atom. The zero-order chi connectivity index (χ0) is 17.6. The minimum atomic E-state index is -0.315. The van der Waals surface area contributed by atoms with Gasteiger partial charge in [0, 0.05) is 10.4 Å². The average Bonchev–Trinajstić information content (AvgIpc) is 2.81. The first-order valence-electron chi connectivity index (χ1n) is 8.88. The molecule has 25 heavy (non-hydrogen) atoms. The highest BCUT2D eigenvalue weighted by Crippen LogP contribution is 2.38. The number of carbonyl (C=O) groups is 2. The normalized spacial score (nSPS) is 13.6. The van der Waals surface area contributed by atoms with Gasteiger partial charge in [0.15, 0.2) is 0 Å². The number of fused-ring (bicyclic) bond motifs is 1. The Morgan fingerprint density at radius 3 is 2.64 bits per heavy atom. The number of carbonyl (C=O) groups excluding carboxylic acids is 2. The Bertz CT molecular complexity index is 752. The van der Waals surface area contributed by atoms with Crippen LogP contribution in [0.25, 0.3) is 0 Å². The molecule has 0 fully saturated rings. The Hall–Kier alpha value is -2.14. The summed E-state index contributed by atoms with van der Waals surface area (Å²) in [5.74, 6) is -0.508. The number of benzene rings is 1. The largest absolute Gasteiger partial charge is 0.462 e. The molecule has 0 saturated carbocycles. The van der Waals surface area contributed by atoms with Crippen LogP contribution in [0, 0.1) is 0 Å². The van der Waals surface area contributed by atoms with Crippen LogP contribution < -0.4 is 5.32 Å². The van der Waals surface area contributed by atoms with Crippen LogP contribution in [-0.4, -0.2) is 18.5 Å². The first-order valence-corrected chi connectivity index (χ1v) is 9.70. The molecule has 3 rings (SSSR count). The molecule has 0 saturated heterocycles. The second-order valence-electron chi connectivity index (χ2n) is 6.22. The maximum Gasteiger partial charge on any atom is 0.341 e. The minimum absolute atomic E-state index is 0.193. The van der Waals surface area contributed by atoms with Gasteiger partial charge in [-0.25, -0.2) is 4.79 Å². The Morgan fingerprint density at radius 1 is 1.12 bits per heavy atom. The molecule has 1 aliphatic rings. The van der Waals surface area contributed by atoms with E-state index in [1.165, 1.54) is 22.6 Å². The highest BCUT2D eigenvalue weighted by molar-refractivity contribution is 7.17. The molecule has 0 atom stereocenters. The topological polar surface area (TPSA) is 55.4 Å². The number of hydrogen-bond acceptors (Lipinski definition) is 4. The van der Waals surface area contributed by atoms with Crippen LogP contribution in [0.2, 0.25) is 0 Å². The number of rotatable bonds is 5. The number of ether oxygens (including phenoxy) is 1. The summed E-state index contributed by atoms with van der Waals surface area (Å²) in [6, 6.07) is 9.06.